The number of hydrogen-bond acceptors (Lipinski definition) is 5. The predicted molar refractivity (Wildman–Crippen MR) is 288 cm³/mol. The monoisotopic (exact) mass is 927 g/mol. The van der Waals surface area contributed by atoms with Gasteiger partial charge in [0.2, 0.25) is 0 Å². The van der Waals surface area contributed by atoms with Crippen LogP contribution in [0.4, 0.5) is 5.69 Å². The fraction of sp³-hybridized carbons (Fsp3) is 0.288. The topological polar surface area (TPSA) is 30.9 Å². The van der Waals surface area contributed by atoms with E-state index in [0.29, 0.717) is 19.8 Å². The lowest BCUT2D eigenvalue weighted by atomic mass is 10.1. The van der Waals surface area contributed by atoms with Crippen LogP contribution in [0.5, 0.6) is 5.75 Å². The molecule has 7 aromatic rings. The van der Waals surface area contributed by atoms with Crippen molar-refractivity contribution in [2.24, 2.45) is 0 Å². The van der Waals surface area contributed by atoms with Gasteiger partial charge in [-0.1, -0.05) is 199 Å². The molecule has 66 heavy (non-hydrogen) atoms. The van der Waals surface area contributed by atoms with Gasteiger partial charge in [-0.2, -0.15) is 0 Å². The molecule has 7 rings (SSSR count). The Morgan fingerprint density at radius 1 is 0.485 bits per heavy atom. The lowest BCUT2D eigenvalue weighted by Crippen LogP contribution is -2.66. The van der Waals surface area contributed by atoms with E-state index in [1.807, 2.05) is 0 Å². The Kier molecular flexibility index (Phi) is 16.9. The van der Waals surface area contributed by atoms with Crippen molar-refractivity contribution in [1.29, 1.82) is 0 Å². The molecule has 7 heteroatoms. The van der Waals surface area contributed by atoms with Crippen LogP contribution in [0.2, 0.25) is 10.1 Å². The van der Waals surface area contributed by atoms with Crippen molar-refractivity contribution < 1.29 is 13.6 Å². The maximum absolute atomic E-state index is 7.35. The van der Waals surface area contributed by atoms with Gasteiger partial charge in [0.25, 0.3) is 16.6 Å². The van der Waals surface area contributed by atoms with Gasteiger partial charge in [-0.05, 0) is 97.8 Å². The molecule has 0 aliphatic carbocycles. The first-order valence-electron chi connectivity index (χ1n) is 23.8. The van der Waals surface area contributed by atoms with Crippen molar-refractivity contribution in [2.75, 3.05) is 31.2 Å². The molecule has 4 nitrogen and oxygen atoms in total. The minimum Gasteiger partial charge on any atom is -0.488 e. The average Bonchev–Trinajstić information content (AvgIpc) is 3.87. The molecule has 0 atom stereocenters. The van der Waals surface area contributed by atoms with Crippen LogP contribution in [0.15, 0.2) is 187 Å². The molecule has 0 aliphatic heterocycles. The van der Waals surface area contributed by atoms with Crippen LogP contribution in [0.25, 0.3) is 12.2 Å². The van der Waals surface area contributed by atoms with Crippen molar-refractivity contribution in [1.82, 2.24) is 0 Å². The van der Waals surface area contributed by atoms with Gasteiger partial charge in [0.05, 0.1) is 0 Å². The first-order valence-corrected chi connectivity index (χ1v) is 28.5. The minimum absolute atomic E-state index is 0.0614. The zero-order valence-electron chi connectivity index (χ0n) is 40.0. The highest BCUT2D eigenvalue weighted by Crippen LogP contribution is 2.38. The highest BCUT2D eigenvalue weighted by atomic mass is 32.1. The minimum atomic E-state index is -2.62. The van der Waals surface area contributed by atoms with Crippen LogP contribution < -0.4 is 30.4 Å². The van der Waals surface area contributed by atoms with Gasteiger partial charge < -0.3 is 18.5 Å². The van der Waals surface area contributed by atoms with Crippen molar-refractivity contribution in [3.05, 3.63) is 203 Å². The Balaban J connectivity index is 1.12. The summed E-state index contributed by atoms with van der Waals surface area (Å²) in [5.74, 6) is 0.888. The van der Waals surface area contributed by atoms with Gasteiger partial charge in [0.1, 0.15) is 12.4 Å². The second-order valence-electron chi connectivity index (χ2n) is 19.3. The third-order valence-electron chi connectivity index (χ3n) is 12.7. The number of unbranched alkanes of at least 4 members (excludes halogenated alkanes) is 2. The lowest BCUT2D eigenvalue weighted by molar-refractivity contribution is 0.286. The molecule has 1 heterocycles. The number of nitrogens with zero attached hydrogens (tertiary/aromatic N) is 1. The fourth-order valence-corrected chi connectivity index (χ4v) is 19.3. The normalized spacial score (nSPS) is 12.4. The molecular weight excluding hydrogens is 859 g/mol. The zero-order chi connectivity index (χ0) is 46.3. The summed E-state index contributed by atoms with van der Waals surface area (Å²) in [5, 5.41) is 7.28. The van der Waals surface area contributed by atoms with Crippen molar-refractivity contribution in [3.63, 3.8) is 0 Å². The van der Waals surface area contributed by atoms with Gasteiger partial charge in [0, 0.05) is 48.5 Å². The molecule has 0 aliphatic rings. The van der Waals surface area contributed by atoms with Crippen LogP contribution in [0.1, 0.15) is 83.2 Å². The Morgan fingerprint density at radius 2 is 0.924 bits per heavy atom. The fourth-order valence-electron chi connectivity index (χ4n) is 9.43. The molecule has 0 fully saturated rings. The summed E-state index contributed by atoms with van der Waals surface area (Å²) in [5.41, 5.74) is 3.39. The second-order valence-corrected chi connectivity index (χ2v) is 28.9. The Labute approximate surface area is 402 Å². The van der Waals surface area contributed by atoms with Crippen LogP contribution in [0.3, 0.4) is 0 Å². The van der Waals surface area contributed by atoms with E-state index in [1.165, 1.54) is 31.3 Å². The molecular formula is C59H69NO3SSi2. The molecule has 6 aromatic carbocycles. The summed E-state index contributed by atoms with van der Waals surface area (Å²) in [4.78, 5) is 3.78. The molecule has 0 unspecified atom stereocenters. The van der Waals surface area contributed by atoms with E-state index in [-0.39, 0.29) is 10.1 Å². The summed E-state index contributed by atoms with van der Waals surface area (Å²) in [6.07, 6.45) is 8.27. The molecule has 0 bridgehead atoms. The molecule has 342 valence electrons. The Morgan fingerprint density at radius 3 is 1.33 bits per heavy atom. The zero-order valence-corrected chi connectivity index (χ0v) is 42.8. The third-order valence-corrected chi connectivity index (χ3v) is 23.6. The van der Waals surface area contributed by atoms with Gasteiger partial charge >= 0.3 is 0 Å². The van der Waals surface area contributed by atoms with Gasteiger partial charge in [-0.15, -0.1) is 11.3 Å². The highest BCUT2D eigenvalue weighted by Gasteiger charge is 2.51. The van der Waals surface area contributed by atoms with E-state index < -0.39 is 16.6 Å². The summed E-state index contributed by atoms with van der Waals surface area (Å²) in [6, 6.07) is 65.4. The molecule has 1 aromatic heterocycles. The average molecular weight is 928 g/mol. The number of hydrogen-bond donors (Lipinski definition) is 0. The summed E-state index contributed by atoms with van der Waals surface area (Å²) in [7, 11) is -5.25. The largest absolute Gasteiger partial charge is 0.488 e. The van der Waals surface area contributed by atoms with Gasteiger partial charge in [0.15, 0.2) is 0 Å². The van der Waals surface area contributed by atoms with Crippen LogP contribution in [-0.4, -0.2) is 42.9 Å². The van der Waals surface area contributed by atoms with E-state index in [1.54, 1.807) is 11.3 Å². The van der Waals surface area contributed by atoms with Crippen molar-refractivity contribution in [3.8, 4) is 5.75 Å². The van der Waals surface area contributed by atoms with E-state index in [2.05, 4.69) is 246 Å². The summed E-state index contributed by atoms with van der Waals surface area (Å²) < 4.78 is 21.4. The van der Waals surface area contributed by atoms with Crippen LogP contribution in [-0.2, 0) is 15.5 Å². The molecule has 0 N–H and O–H groups in total. The number of benzene rings is 6. The Bertz CT molecular complexity index is 2310. The van der Waals surface area contributed by atoms with Crippen molar-refractivity contribution in [2.45, 2.75) is 83.9 Å². The number of anilines is 1. The first-order chi connectivity index (χ1) is 32.0. The van der Waals surface area contributed by atoms with Crippen LogP contribution in [0, 0.1) is 0 Å². The second kappa shape index (κ2) is 22.9. The lowest BCUT2D eigenvalue weighted by Gasteiger charge is -2.43. The van der Waals surface area contributed by atoms with E-state index >= 15 is 0 Å². The Hall–Kier alpha value is -5.29. The number of thiophene rings is 1. The third kappa shape index (κ3) is 11.8. The maximum Gasteiger partial charge on any atom is 0.261 e. The quantitative estimate of drug-likeness (QED) is 0.0501. The number of rotatable bonds is 22. The van der Waals surface area contributed by atoms with E-state index in [9.17, 15) is 0 Å². The SMILES string of the molecule is CC(C)(C)[Si](OCCCCN(CCCCO[Si](c1ccccc1)(c1ccccc1)C(C)(C)C)c1ccc(C=Cc2cccs2)c(OCc2ccccc2)c1)(c1ccccc1)c1ccccc1. The number of ether oxygens (including phenoxy) is 1. The van der Waals surface area contributed by atoms with E-state index in [4.69, 9.17) is 13.6 Å². The first kappa shape index (κ1) is 48.6. The highest BCUT2D eigenvalue weighted by molar-refractivity contribution is 7.10. The maximum atomic E-state index is 7.35. The van der Waals surface area contributed by atoms with Gasteiger partial charge in [-0.25, -0.2) is 0 Å². The molecule has 0 saturated heterocycles. The summed E-state index contributed by atoms with van der Waals surface area (Å²) in [6.45, 7) is 17.9. The van der Waals surface area contributed by atoms with Crippen molar-refractivity contribution >= 4 is 66.6 Å². The molecule has 0 radical (unpaired) electrons. The van der Waals surface area contributed by atoms with E-state index in [0.717, 1.165) is 55.6 Å². The van der Waals surface area contributed by atoms with Gasteiger partial charge in [-0.3, -0.25) is 0 Å². The predicted octanol–water partition coefficient (Wildman–Crippen LogP) is 13.0. The molecule has 0 amide bonds. The molecule has 0 spiro atoms. The summed E-state index contributed by atoms with van der Waals surface area (Å²) >= 11 is 1.74. The van der Waals surface area contributed by atoms with Crippen LogP contribution >= 0.6 is 11.3 Å². The molecule has 0 saturated carbocycles. The standard InChI is InChI=1S/C59H69NO3SSi2/c1-58(2,3)65(53-30-14-8-15-31-53,54-32-16-9-17-33-54)62-44-24-22-42-60(43-23-25-45-63-66(59(4,5)6,55-34-18-10-19-35-55)56-36-20-11-21-37-56)51-40-38-50(39-41-52-29-26-46-64-52)57(47-51)61-48-49-27-12-7-13-28-49/h7-21,26-41,46-47H,22-25,42-45,48H2,1-6H3. The smallest absolute Gasteiger partial charge is 0.261 e.